The number of carbonyl (C=O) groups is 1. The fourth-order valence-electron chi connectivity index (χ4n) is 2.70. The van der Waals surface area contributed by atoms with Crippen molar-refractivity contribution in [2.45, 2.75) is 13.5 Å². The molecule has 0 atom stereocenters. The number of hydrogen-bond acceptors (Lipinski definition) is 3. The summed E-state index contributed by atoms with van der Waals surface area (Å²) in [5, 5.41) is 7.52. The van der Waals surface area contributed by atoms with Crippen molar-refractivity contribution < 1.29 is 13.9 Å². The van der Waals surface area contributed by atoms with Crippen molar-refractivity contribution in [2.75, 3.05) is 7.11 Å². The number of amides is 1. The van der Waals surface area contributed by atoms with E-state index in [1.807, 2.05) is 24.3 Å². The molecule has 1 N–H and O–H groups in total. The van der Waals surface area contributed by atoms with Gasteiger partial charge in [-0.1, -0.05) is 29.8 Å². The van der Waals surface area contributed by atoms with Crippen molar-refractivity contribution >= 4 is 23.6 Å². The van der Waals surface area contributed by atoms with Gasteiger partial charge in [0.05, 0.1) is 18.5 Å². The Balaban J connectivity index is 1.71. The molecule has 3 rings (SSSR count). The third kappa shape index (κ3) is 4.40. The van der Waals surface area contributed by atoms with E-state index in [4.69, 9.17) is 16.3 Å². The lowest BCUT2D eigenvalue weighted by atomic mass is 10.2. The topological polar surface area (TPSA) is 56.1 Å². The van der Waals surface area contributed by atoms with E-state index in [0.29, 0.717) is 34.4 Å². The monoisotopic (exact) mass is 399 g/mol. The van der Waals surface area contributed by atoms with Gasteiger partial charge in [0.25, 0.3) is 0 Å². The van der Waals surface area contributed by atoms with Crippen molar-refractivity contribution in [3.8, 4) is 11.4 Å². The highest BCUT2D eigenvalue weighted by Crippen LogP contribution is 2.25. The Kier molecular flexibility index (Phi) is 6.11. The maximum atomic E-state index is 13.1. The minimum Gasteiger partial charge on any atom is -0.496 e. The summed E-state index contributed by atoms with van der Waals surface area (Å²) in [6, 6.07) is 13.3. The van der Waals surface area contributed by atoms with E-state index in [-0.39, 0.29) is 11.7 Å². The smallest absolute Gasteiger partial charge is 0.244 e. The van der Waals surface area contributed by atoms with Gasteiger partial charge in [-0.2, -0.15) is 5.10 Å². The van der Waals surface area contributed by atoms with Gasteiger partial charge < -0.3 is 10.1 Å². The van der Waals surface area contributed by atoms with Gasteiger partial charge >= 0.3 is 0 Å². The number of aromatic nitrogens is 2. The van der Waals surface area contributed by atoms with Gasteiger partial charge in [-0.3, -0.25) is 4.79 Å². The quantitative estimate of drug-likeness (QED) is 0.628. The molecule has 0 saturated carbocycles. The van der Waals surface area contributed by atoms with Crippen LogP contribution in [0.2, 0.25) is 5.15 Å². The third-order valence-electron chi connectivity index (χ3n) is 4.17. The number of hydrogen-bond donors (Lipinski definition) is 1. The highest BCUT2D eigenvalue weighted by Gasteiger charge is 2.13. The lowest BCUT2D eigenvalue weighted by Gasteiger charge is -2.08. The van der Waals surface area contributed by atoms with Gasteiger partial charge in [-0.15, -0.1) is 0 Å². The zero-order chi connectivity index (χ0) is 20.1. The van der Waals surface area contributed by atoms with Crippen LogP contribution in [0.1, 0.15) is 16.8 Å². The first-order valence-corrected chi connectivity index (χ1v) is 8.96. The van der Waals surface area contributed by atoms with Crippen molar-refractivity contribution in [1.29, 1.82) is 0 Å². The summed E-state index contributed by atoms with van der Waals surface area (Å²) in [5.41, 5.74) is 2.79. The zero-order valence-electron chi connectivity index (χ0n) is 15.4. The summed E-state index contributed by atoms with van der Waals surface area (Å²) in [4.78, 5) is 12.2. The molecule has 7 heteroatoms. The second-order valence-electron chi connectivity index (χ2n) is 6.04. The Morgan fingerprint density at radius 1 is 1.25 bits per heavy atom. The molecule has 0 saturated heterocycles. The number of carbonyl (C=O) groups excluding carboxylic acids is 1. The average Bonchev–Trinajstić information content (AvgIpc) is 2.99. The molecule has 0 unspecified atom stereocenters. The number of benzene rings is 2. The first-order chi connectivity index (χ1) is 13.5. The average molecular weight is 400 g/mol. The van der Waals surface area contributed by atoms with Crippen molar-refractivity contribution in [2.24, 2.45) is 0 Å². The second-order valence-corrected chi connectivity index (χ2v) is 6.40. The van der Waals surface area contributed by atoms with Crippen LogP contribution in [0.25, 0.3) is 11.8 Å². The van der Waals surface area contributed by atoms with Gasteiger partial charge in [0.15, 0.2) is 0 Å². The summed E-state index contributed by atoms with van der Waals surface area (Å²) in [7, 11) is 1.59. The van der Waals surface area contributed by atoms with E-state index in [1.54, 1.807) is 32.2 Å². The summed E-state index contributed by atoms with van der Waals surface area (Å²) in [6.45, 7) is 2.13. The van der Waals surface area contributed by atoms with E-state index in [2.05, 4.69) is 10.4 Å². The van der Waals surface area contributed by atoms with Crippen molar-refractivity contribution in [1.82, 2.24) is 15.1 Å². The van der Waals surface area contributed by atoms with Crippen LogP contribution in [-0.2, 0) is 11.3 Å². The standard InChI is InChI=1S/C21H19ClFN3O2/c1-14-18(21(22)26(25-14)17-9-7-16(23)8-10-17)11-12-20(27)24-13-15-5-3-4-6-19(15)28-2/h3-12H,13H2,1-2H3,(H,24,27)/b12-11+. The van der Waals surface area contributed by atoms with Crippen LogP contribution in [0, 0.1) is 12.7 Å². The Morgan fingerprint density at radius 2 is 1.96 bits per heavy atom. The first-order valence-electron chi connectivity index (χ1n) is 8.58. The predicted octanol–water partition coefficient (Wildman–Crippen LogP) is 4.31. The van der Waals surface area contributed by atoms with Gasteiger partial charge in [0, 0.05) is 23.7 Å². The number of para-hydroxylation sites is 1. The SMILES string of the molecule is COc1ccccc1CNC(=O)/C=C/c1c(C)nn(-c2ccc(F)cc2)c1Cl. The van der Waals surface area contributed by atoms with Crippen LogP contribution in [0.4, 0.5) is 4.39 Å². The highest BCUT2D eigenvalue weighted by molar-refractivity contribution is 6.31. The van der Waals surface area contributed by atoms with Crippen LogP contribution in [0.15, 0.2) is 54.6 Å². The van der Waals surface area contributed by atoms with Crippen molar-refractivity contribution in [3.63, 3.8) is 0 Å². The Hall–Kier alpha value is -3.12. The summed E-state index contributed by atoms with van der Waals surface area (Å²) in [6.07, 6.45) is 3.02. The molecular weight excluding hydrogens is 381 g/mol. The van der Waals surface area contributed by atoms with Gasteiger partial charge in [-0.05, 0) is 43.3 Å². The molecule has 0 aliphatic rings. The molecule has 0 fully saturated rings. The molecule has 28 heavy (non-hydrogen) atoms. The van der Waals surface area contributed by atoms with Gasteiger partial charge in [-0.25, -0.2) is 9.07 Å². The van der Waals surface area contributed by atoms with Crippen LogP contribution < -0.4 is 10.1 Å². The number of nitrogens with one attached hydrogen (secondary N) is 1. The minimum atomic E-state index is -0.337. The maximum Gasteiger partial charge on any atom is 0.244 e. The lowest BCUT2D eigenvalue weighted by Crippen LogP contribution is -2.20. The minimum absolute atomic E-state index is 0.268. The van der Waals surface area contributed by atoms with Gasteiger partial charge in [0.1, 0.15) is 16.7 Å². The van der Waals surface area contributed by atoms with E-state index >= 15 is 0 Å². The molecule has 0 radical (unpaired) electrons. The number of rotatable bonds is 6. The molecule has 0 bridgehead atoms. The molecule has 0 spiro atoms. The van der Waals surface area contributed by atoms with Crippen LogP contribution in [-0.4, -0.2) is 22.8 Å². The molecule has 5 nitrogen and oxygen atoms in total. The number of halogens is 2. The Labute approximate surface area is 167 Å². The lowest BCUT2D eigenvalue weighted by molar-refractivity contribution is -0.116. The van der Waals surface area contributed by atoms with E-state index < -0.39 is 0 Å². The summed E-state index contributed by atoms with van der Waals surface area (Å²) < 4.78 is 19.9. The number of nitrogens with zero attached hydrogens (tertiary/aromatic N) is 2. The third-order valence-corrected chi connectivity index (χ3v) is 4.53. The first kappa shape index (κ1) is 19.6. The van der Waals surface area contributed by atoms with Gasteiger partial charge in [0.2, 0.25) is 5.91 Å². The number of aryl methyl sites for hydroxylation is 1. The Morgan fingerprint density at radius 3 is 2.68 bits per heavy atom. The molecule has 144 valence electrons. The van der Waals surface area contributed by atoms with E-state index in [0.717, 1.165) is 5.56 Å². The predicted molar refractivity (Wildman–Crippen MR) is 107 cm³/mol. The van der Waals surface area contributed by atoms with Crippen molar-refractivity contribution in [3.05, 3.63) is 82.4 Å². The molecule has 0 aliphatic carbocycles. The summed E-state index contributed by atoms with van der Waals surface area (Å²) >= 11 is 6.41. The number of ether oxygens (including phenoxy) is 1. The van der Waals surface area contributed by atoms with Crippen LogP contribution in [0.3, 0.4) is 0 Å². The summed E-state index contributed by atoms with van der Waals surface area (Å²) in [5.74, 6) is 0.109. The highest BCUT2D eigenvalue weighted by atomic mass is 35.5. The Bertz CT molecular complexity index is 1010. The maximum absolute atomic E-state index is 13.1. The fourth-order valence-corrected chi connectivity index (χ4v) is 3.04. The molecule has 1 heterocycles. The largest absolute Gasteiger partial charge is 0.496 e. The molecule has 1 aromatic heterocycles. The molecule has 2 aromatic carbocycles. The molecule has 0 aliphatic heterocycles. The van der Waals surface area contributed by atoms with Crippen LogP contribution in [0.5, 0.6) is 5.75 Å². The second kappa shape index (κ2) is 8.71. The number of methoxy groups -OCH3 is 1. The fraction of sp³-hybridized carbons (Fsp3) is 0.143. The van der Waals surface area contributed by atoms with E-state index in [9.17, 15) is 9.18 Å². The van der Waals surface area contributed by atoms with E-state index in [1.165, 1.54) is 22.9 Å². The molecule has 3 aromatic rings. The molecule has 1 amide bonds. The van der Waals surface area contributed by atoms with Crippen LogP contribution >= 0.6 is 11.6 Å². The molecular formula is C21H19ClFN3O2. The zero-order valence-corrected chi connectivity index (χ0v) is 16.2. The normalized spacial score (nSPS) is 11.0.